The molecule has 7 heavy (non-hydrogen) atoms. The third-order valence-electron chi connectivity index (χ3n) is 0.688. The number of hydrogen-bond donors (Lipinski definition) is 0. The maximum Gasteiger partial charge on any atom is 0.166 e. The first-order valence-electron chi connectivity index (χ1n) is 2.01. The standard InChI is InChI=1S/C4H6NOS/c1-6-4-2-3-5-7-4/h2H,3H2,1H3. The Bertz CT molecular complexity index is 91.7. The minimum atomic E-state index is 0.799. The van der Waals surface area contributed by atoms with Crippen LogP contribution in [0.4, 0.5) is 0 Å². The molecule has 0 bridgehead atoms. The van der Waals surface area contributed by atoms with Gasteiger partial charge in [-0.05, 0) is 6.08 Å². The second kappa shape index (κ2) is 2.23. The number of rotatable bonds is 1. The van der Waals surface area contributed by atoms with Gasteiger partial charge in [0.15, 0.2) is 5.09 Å². The van der Waals surface area contributed by atoms with E-state index in [9.17, 15) is 0 Å². The van der Waals surface area contributed by atoms with Crippen molar-refractivity contribution in [1.29, 1.82) is 0 Å². The highest BCUT2D eigenvalue weighted by molar-refractivity contribution is 8.01. The third-order valence-corrected chi connectivity index (χ3v) is 1.48. The Hall–Kier alpha value is -0.150. The van der Waals surface area contributed by atoms with Crippen molar-refractivity contribution in [3.63, 3.8) is 0 Å². The molecule has 0 amide bonds. The number of ether oxygens (including phenoxy) is 1. The average Bonchev–Trinajstić information content (AvgIpc) is 2.14. The molecule has 1 radical (unpaired) electrons. The van der Waals surface area contributed by atoms with Gasteiger partial charge in [-0.3, -0.25) is 0 Å². The molecular formula is C4H6NOS. The summed E-state index contributed by atoms with van der Waals surface area (Å²) in [6, 6.07) is 0. The van der Waals surface area contributed by atoms with E-state index in [0.29, 0.717) is 0 Å². The molecule has 1 aliphatic heterocycles. The van der Waals surface area contributed by atoms with E-state index < -0.39 is 0 Å². The SMILES string of the molecule is COC1=CC[N]S1. The van der Waals surface area contributed by atoms with Crippen molar-refractivity contribution in [2.24, 2.45) is 0 Å². The van der Waals surface area contributed by atoms with Gasteiger partial charge in [0.05, 0.1) is 7.11 Å². The highest BCUT2D eigenvalue weighted by Gasteiger charge is 2.02. The summed E-state index contributed by atoms with van der Waals surface area (Å²) in [5.74, 6) is 0. The summed E-state index contributed by atoms with van der Waals surface area (Å²) in [6.07, 6.45) is 1.95. The maximum absolute atomic E-state index is 4.84. The third kappa shape index (κ3) is 1.11. The van der Waals surface area contributed by atoms with E-state index in [0.717, 1.165) is 11.6 Å². The van der Waals surface area contributed by atoms with Crippen LogP contribution in [0.15, 0.2) is 11.2 Å². The van der Waals surface area contributed by atoms with Crippen LogP contribution in [-0.4, -0.2) is 13.7 Å². The van der Waals surface area contributed by atoms with E-state index in [-0.39, 0.29) is 0 Å². The predicted molar refractivity (Wildman–Crippen MR) is 29.7 cm³/mol. The number of nitrogens with zero attached hydrogens (tertiary/aromatic N) is 1. The zero-order chi connectivity index (χ0) is 5.11. The second-order valence-electron chi connectivity index (χ2n) is 1.13. The molecule has 2 nitrogen and oxygen atoms in total. The Kier molecular flexibility index (Phi) is 1.59. The fourth-order valence-electron chi connectivity index (χ4n) is 0.371. The van der Waals surface area contributed by atoms with Gasteiger partial charge >= 0.3 is 0 Å². The summed E-state index contributed by atoms with van der Waals surface area (Å²) in [5, 5.41) is 0.917. The molecule has 0 N–H and O–H groups in total. The first-order valence-corrected chi connectivity index (χ1v) is 2.79. The van der Waals surface area contributed by atoms with Gasteiger partial charge in [-0.15, -0.1) is 0 Å². The molecule has 0 saturated carbocycles. The fourth-order valence-corrected chi connectivity index (χ4v) is 0.870. The van der Waals surface area contributed by atoms with E-state index in [1.54, 1.807) is 7.11 Å². The van der Waals surface area contributed by atoms with Crippen molar-refractivity contribution in [2.45, 2.75) is 0 Å². The first-order chi connectivity index (χ1) is 3.43. The largest absolute Gasteiger partial charge is 0.489 e. The molecule has 0 aromatic heterocycles. The van der Waals surface area contributed by atoms with Gasteiger partial charge < -0.3 is 4.74 Å². The molecule has 0 spiro atoms. The lowest BCUT2D eigenvalue weighted by Gasteiger charge is -1.92. The number of hydrogen-bond acceptors (Lipinski definition) is 2. The van der Waals surface area contributed by atoms with Crippen LogP contribution < -0.4 is 4.72 Å². The summed E-state index contributed by atoms with van der Waals surface area (Å²) >= 11 is 1.41. The second-order valence-corrected chi connectivity index (χ2v) is 1.97. The Balaban J connectivity index is 2.36. The van der Waals surface area contributed by atoms with E-state index in [1.165, 1.54) is 11.9 Å². The maximum atomic E-state index is 4.84. The van der Waals surface area contributed by atoms with E-state index in [2.05, 4.69) is 4.72 Å². The van der Waals surface area contributed by atoms with Crippen molar-refractivity contribution in [1.82, 2.24) is 4.72 Å². The zero-order valence-electron chi connectivity index (χ0n) is 4.05. The Morgan fingerprint density at radius 3 is 3.14 bits per heavy atom. The lowest BCUT2D eigenvalue weighted by molar-refractivity contribution is 0.325. The van der Waals surface area contributed by atoms with Gasteiger partial charge in [-0.2, -0.15) is 4.72 Å². The molecule has 1 rings (SSSR count). The summed E-state index contributed by atoms with van der Waals surface area (Å²) in [7, 11) is 1.65. The Morgan fingerprint density at radius 1 is 2.00 bits per heavy atom. The van der Waals surface area contributed by atoms with Crippen LogP contribution in [0, 0.1) is 0 Å². The Labute approximate surface area is 47.1 Å². The highest BCUT2D eigenvalue weighted by atomic mass is 32.2. The van der Waals surface area contributed by atoms with E-state index in [1.807, 2.05) is 6.08 Å². The minimum absolute atomic E-state index is 0.799. The molecule has 0 saturated heterocycles. The molecular weight excluding hydrogens is 110 g/mol. The summed E-state index contributed by atoms with van der Waals surface area (Å²) in [5.41, 5.74) is 0. The molecule has 1 aliphatic rings. The minimum Gasteiger partial charge on any atom is -0.489 e. The van der Waals surface area contributed by atoms with Crippen LogP contribution in [0.1, 0.15) is 0 Å². The highest BCUT2D eigenvalue weighted by Crippen LogP contribution is 2.17. The van der Waals surface area contributed by atoms with E-state index in [4.69, 9.17) is 4.74 Å². The molecule has 0 aromatic carbocycles. The van der Waals surface area contributed by atoms with Gasteiger partial charge in [0.1, 0.15) is 0 Å². The lowest BCUT2D eigenvalue weighted by Crippen LogP contribution is -1.81. The van der Waals surface area contributed by atoms with E-state index >= 15 is 0 Å². The van der Waals surface area contributed by atoms with Crippen LogP contribution in [0.2, 0.25) is 0 Å². The van der Waals surface area contributed by atoms with Crippen LogP contribution in [-0.2, 0) is 4.74 Å². The van der Waals surface area contributed by atoms with Gasteiger partial charge in [0.2, 0.25) is 0 Å². The van der Waals surface area contributed by atoms with Crippen LogP contribution >= 0.6 is 11.9 Å². The number of methoxy groups -OCH3 is 1. The molecule has 0 atom stereocenters. The van der Waals surface area contributed by atoms with Gasteiger partial charge in [-0.25, -0.2) is 0 Å². The molecule has 3 heteroatoms. The summed E-state index contributed by atoms with van der Waals surface area (Å²) in [6.45, 7) is 0.799. The Morgan fingerprint density at radius 2 is 2.86 bits per heavy atom. The van der Waals surface area contributed by atoms with Crippen molar-refractivity contribution in [3.05, 3.63) is 11.2 Å². The zero-order valence-corrected chi connectivity index (χ0v) is 4.86. The van der Waals surface area contributed by atoms with Crippen LogP contribution in [0.5, 0.6) is 0 Å². The normalized spacial score (nSPS) is 19.3. The summed E-state index contributed by atoms with van der Waals surface area (Å²) < 4.78 is 8.78. The molecule has 0 aliphatic carbocycles. The van der Waals surface area contributed by atoms with Gasteiger partial charge in [0, 0.05) is 18.5 Å². The fraction of sp³-hybridized carbons (Fsp3) is 0.500. The average molecular weight is 116 g/mol. The van der Waals surface area contributed by atoms with Crippen molar-refractivity contribution >= 4 is 11.9 Å². The monoisotopic (exact) mass is 116 g/mol. The lowest BCUT2D eigenvalue weighted by atomic mass is 10.6. The van der Waals surface area contributed by atoms with Gasteiger partial charge in [-0.1, -0.05) is 0 Å². The molecule has 0 fully saturated rings. The quantitative estimate of drug-likeness (QED) is 0.472. The van der Waals surface area contributed by atoms with Crippen LogP contribution in [0.25, 0.3) is 0 Å². The topological polar surface area (TPSA) is 23.3 Å². The van der Waals surface area contributed by atoms with Gasteiger partial charge in [0.25, 0.3) is 0 Å². The molecule has 0 unspecified atom stereocenters. The van der Waals surface area contributed by atoms with Crippen LogP contribution in [0.3, 0.4) is 0 Å². The smallest absolute Gasteiger partial charge is 0.166 e. The summed E-state index contributed by atoms with van der Waals surface area (Å²) in [4.78, 5) is 0. The predicted octanol–water partition coefficient (Wildman–Crippen LogP) is 0.740. The molecule has 0 aromatic rings. The van der Waals surface area contributed by atoms with Crippen molar-refractivity contribution < 1.29 is 4.74 Å². The molecule has 1 heterocycles. The van der Waals surface area contributed by atoms with Crippen molar-refractivity contribution in [3.8, 4) is 0 Å². The van der Waals surface area contributed by atoms with Crippen molar-refractivity contribution in [2.75, 3.05) is 13.7 Å². The molecule has 39 valence electrons. The first kappa shape index (κ1) is 5.00.